The molecule has 1 amide bonds. The average Bonchev–Trinajstić information content (AvgIpc) is 2.85. The van der Waals surface area contributed by atoms with E-state index in [1.807, 2.05) is 31.3 Å². The second-order valence-electron chi connectivity index (χ2n) is 4.71. The standard InChI is InChI=1S/C15H20N2O2/c1-11(19-2)9-17-15(18)8-7-12-10-16-14-6-4-3-5-13(12)14/h3-6,10-11,16H,7-9H2,1-2H3,(H,17,18). The third kappa shape index (κ3) is 3.58. The van der Waals surface area contributed by atoms with Gasteiger partial charge < -0.3 is 15.0 Å². The molecule has 4 nitrogen and oxygen atoms in total. The van der Waals surface area contributed by atoms with Crippen molar-refractivity contribution in [2.24, 2.45) is 0 Å². The van der Waals surface area contributed by atoms with E-state index in [0.29, 0.717) is 13.0 Å². The monoisotopic (exact) mass is 260 g/mol. The van der Waals surface area contributed by atoms with Crippen LogP contribution in [0.2, 0.25) is 0 Å². The van der Waals surface area contributed by atoms with Crippen LogP contribution >= 0.6 is 0 Å². The van der Waals surface area contributed by atoms with Crippen molar-refractivity contribution in [3.05, 3.63) is 36.0 Å². The first-order chi connectivity index (χ1) is 9.20. The van der Waals surface area contributed by atoms with Crippen LogP contribution in [0, 0.1) is 0 Å². The first-order valence-electron chi connectivity index (χ1n) is 6.55. The van der Waals surface area contributed by atoms with Crippen molar-refractivity contribution in [1.29, 1.82) is 0 Å². The smallest absolute Gasteiger partial charge is 0.220 e. The van der Waals surface area contributed by atoms with Gasteiger partial charge in [0.15, 0.2) is 0 Å². The molecule has 1 unspecified atom stereocenters. The molecule has 2 N–H and O–H groups in total. The van der Waals surface area contributed by atoms with Gasteiger partial charge in [-0.25, -0.2) is 0 Å². The Balaban J connectivity index is 1.87. The lowest BCUT2D eigenvalue weighted by Crippen LogP contribution is -2.31. The summed E-state index contributed by atoms with van der Waals surface area (Å²) in [7, 11) is 1.64. The van der Waals surface area contributed by atoms with Crippen LogP contribution in [0.1, 0.15) is 18.9 Å². The second-order valence-corrected chi connectivity index (χ2v) is 4.71. The molecule has 1 aromatic carbocycles. The normalized spacial score (nSPS) is 12.5. The predicted octanol–water partition coefficient (Wildman–Crippen LogP) is 2.25. The zero-order valence-electron chi connectivity index (χ0n) is 11.4. The molecule has 0 fully saturated rings. The lowest BCUT2D eigenvalue weighted by atomic mass is 10.1. The Hall–Kier alpha value is -1.81. The van der Waals surface area contributed by atoms with E-state index in [2.05, 4.69) is 16.4 Å². The van der Waals surface area contributed by atoms with Gasteiger partial charge in [0.25, 0.3) is 0 Å². The summed E-state index contributed by atoms with van der Waals surface area (Å²) in [5, 5.41) is 4.06. The number of para-hydroxylation sites is 1. The Kier molecular flexibility index (Phi) is 4.58. The first kappa shape index (κ1) is 13.6. The van der Waals surface area contributed by atoms with Gasteiger partial charge in [-0.05, 0) is 25.0 Å². The Morgan fingerprint density at radius 2 is 2.21 bits per heavy atom. The van der Waals surface area contributed by atoms with E-state index in [-0.39, 0.29) is 12.0 Å². The number of aryl methyl sites for hydroxylation is 1. The molecule has 2 aromatic rings. The molecule has 0 radical (unpaired) electrons. The number of rotatable bonds is 6. The van der Waals surface area contributed by atoms with Gasteiger partial charge in [-0.2, -0.15) is 0 Å². The minimum absolute atomic E-state index is 0.0528. The first-order valence-corrected chi connectivity index (χ1v) is 6.55. The second kappa shape index (κ2) is 6.38. The number of hydrogen-bond acceptors (Lipinski definition) is 2. The number of aromatic nitrogens is 1. The van der Waals surface area contributed by atoms with Crippen LogP contribution in [0.5, 0.6) is 0 Å². The number of amides is 1. The number of hydrogen-bond donors (Lipinski definition) is 2. The van der Waals surface area contributed by atoms with E-state index in [4.69, 9.17) is 4.74 Å². The molecule has 2 rings (SSSR count). The maximum Gasteiger partial charge on any atom is 0.220 e. The maximum absolute atomic E-state index is 11.7. The quantitative estimate of drug-likeness (QED) is 0.837. The third-order valence-corrected chi connectivity index (χ3v) is 3.29. The molecule has 19 heavy (non-hydrogen) atoms. The Morgan fingerprint density at radius 1 is 1.42 bits per heavy atom. The summed E-state index contributed by atoms with van der Waals surface area (Å²) >= 11 is 0. The summed E-state index contributed by atoms with van der Waals surface area (Å²) in [5.74, 6) is 0.0641. The van der Waals surface area contributed by atoms with Crippen LogP contribution in [-0.2, 0) is 16.0 Å². The molecule has 0 spiro atoms. The van der Waals surface area contributed by atoms with Crippen LogP contribution in [0.4, 0.5) is 0 Å². The third-order valence-electron chi connectivity index (χ3n) is 3.29. The minimum atomic E-state index is 0.0528. The van der Waals surface area contributed by atoms with Gasteiger partial charge in [0.05, 0.1) is 6.10 Å². The summed E-state index contributed by atoms with van der Waals surface area (Å²) in [4.78, 5) is 14.9. The van der Waals surface area contributed by atoms with Crippen LogP contribution in [0.3, 0.4) is 0 Å². The van der Waals surface area contributed by atoms with Crippen LogP contribution < -0.4 is 5.32 Å². The van der Waals surface area contributed by atoms with Crippen molar-refractivity contribution < 1.29 is 9.53 Å². The van der Waals surface area contributed by atoms with Gasteiger partial charge in [-0.15, -0.1) is 0 Å². The van der Waals surface area contributed by atoms with Gasteiger partial charge >= 0.3 is 0 Å². The van der Waals surface area contributed by atoms with E-state index in [9.17, 15) is 4.79 Å². The van der Waals surface area contributed by atoms with Gasteiger partial charge in [-0.1, -0.05) is 18.2 Å². The molecule has 0 aliphatic heterocycles. The minimum Gasteiger partial charge on any atom is -0.380 e. The molecular formula is C15H20N2O2. The Morgan fingerprint density at radius 3 is 3.00 bits per heavy atom. The number of ether oxygens (including phenoxy) is 1. The van der Waals surface area contributed by atoms with Crippen molar-refractivity contribution in [1.82, 2.24) is 10.3 Å². The molecule has 1 aromatic heterocycles. The Labute approximate surface area is 113 Å². The van der Waals surface area contributed by atoms with Crippen LogP contribution in [-0.4, -0.2) is 30.6 Å². The van der Waals surface area contributed by atoms with Gasteiger partial charge in [0.1, 0.15) is 0 Å². The summed E-state index contributed by atoms with van der Waals surface area (Å²) in [6.07, 6.45) is 3.28. The molecule has 0 bridgehead atoms. The molecule has 0 saturated carbocycles. The van der Waals surface area contributed by atoms with E-state index < -0.39 is 0 Å². The fourth-order valence-electron chi connectivity index (χ4n) is 2.02. The van der Waals surface area contributed by atoms with Crippen LogP contribution in [0.15, 0.2) is 30.5 Å². The molecule has 0 aliphatic rings. The highest BCUT2D eigenvalue weighted by molar-refractivity contribution is 5.84. The highest BCUT2D eigenvalue weighted by Crippen LogP contribution is 2.18. The number of carbonyl (C=O) groups is 1. The van der Waals surface area contributed by atoms with Gasteiger partial charge in [0.2, 0.25) is 5.91 Å². The molecule has 102 valence electrons. The summed E-state index contributed by atoms with van der Waals surface area (Å²) in [5.41, 5.74) is 2.30. The molecule has 0 aliphatic carbocycles. The summed E-state index contributed by atoms with van der Waals surface area (Å²) in [6, 6.07) is 8.13. The van der Waals surface area contributed by atoms with Gasteiger partial charge in [0, 0.05) is 37.2 Å². The van der Waals surface area contributed by atoms with E-state index >= 15 is 0 Å². The zero-order valence-corrected chi connectivity index (χ0v) is 11.4. The SMILES string of the molecule is COC(C)CNC(=O)CCc1c[nH]c2ccccc12. The number of aromatic amines is 1. The largest absolute Gasteiger partial charge is 0.380 e. The van der Waals surface area contributed by atoms with E-state index in [1.165, 1.54) is 10.9 Å². The topological polar surface area (TPSA) is 54.1 Å². The van der Waals surface area contributed by atoms with Crippen molar-refractivity contribution in [3.63, 3.8) is 0 Å². The van der Waals surface area contributed by atoms with Crippen molar-refractivity contribution >= 4 is 16.8 Å². The lowest BCUT2D eigenvalue weighted by molar-refractivity contribution is -0.121. The number of H-pyrrole nitrogens is 1. The molecule has 0 saturated heterocycles. The van der Waals surface area contributed by atoms with Crippen molar-refractivity contribution in [2.75, 3.05) is 13.7 Å². The predicted molar refractivity (Wildman–Crippen MR) is 76.1 cm³/mol. The average molecular weight is 260 g/mol. The highest BCUT2D eigenvalue weighted by atomic mass is 16.5. The maximum atomic E-state index is 11.7. The number of carbonyl (C=O) groups excluding carboxylic acids is 1. The van der Waals surface area contributed by atoms with E-state index in [0.717, 1.165) is 11.9 Å². The number of nitrogens with one attached hydrogen (secondary N) is 2. The van der Waals surface area contributed by atoms with Crippen molar-refractivity contribution in [3.8, 4) is 0 Å². The van der Waals surface area contributed by atoms with Crippen molar-refractivity contribution in [2.45, 2.75) is 25.9 Å². The lowest BCUT2D eigenvalue weighted by Gasteiger charge is -2.10. The number of fused-ring (bicyclic) bond motifs is 1. The Bertz CT molecular complexity index is 548. The van der Waals surface area contributed by atoms with Crippen LogP contribution in [0.25, 0.3) is 10.9 Å². The fourth-order valence-corrected chi connectivity index (χ4v) is 2.02. The summed E-state index contributed by atoms with van der Waals surface area (Å²) < 4.78 is 5.09. The number of benzene rings is 1. The molecule has 1 atom stereocenters. The fraction of sp³-hybridized carbons (Fsp3) is 0.400. The number of methoxy groups -OCH3 is 1. The summed E-state index contributed by atoms with van der Waals surface area (Å²) in [6.45, 7) is 2.49. The van der Waals surface area contributed by atoms with E-state index in [1.54, 1.807) is 7.11 Å². The van der Waals surface area contributed by atoms with Gasteiger partial charge in [-0.3, -0.25) is 4.79 Å². The zero-order chi connectivity index (χ0) is 13.7. The molecule has 1 heterocycles. The highest BCUT2D eigenvalue weighted by Gasteiger charge is 2.07. The molecular weight excluding hydrogens is 240 g/mol. The molecule has 4 heteroatoms.